The molecule has 0 spiro atoms. The second-order valence-corrected chi connectivity index (χ2v) is 15.1. The van der Waals surface area contributed by atoms with Crippen LogP contribution in [0.5, 0.6) is 0 Å². The predicted octanol–water partition coefficient (Wildman–Crippen LogP) is 7.43. The van der Waals surface area contributed by atoms with Gasteiger partial charge in [0.1, 0.15) is 28.2 Å². The van der Waals surface area contributed by atoms with Gasteiger partial charge in [-0.1, -0.05) is 24.3 Å². The summed E-state index contributed by atoms with van der Waals surface area (Å²) in [6.07, 6.45) is -0.562. The summed E-state index contributed by atoms with van der Waals surface area (Å²) in [4.78, 5) is 54.1. The van der Waals surface area contributed by atoms with Gasteiger partial charge >= 0.3 is 24.2 Å². The van der Waals surface area contributed by atoms with Crippen molar-refractivity contribution in [2.24, 2.45) is 4.99 Å². The first-order valence-corrected chi connectivity index (χ1v) is 15.8. The number of esters is 1. The molecule has 3 amide bonds. The molecule has 0 radical (unpaired) electrons. The van der Waals surface area contributed by atoms with Gasteiger partial charge in [0, 0.05) is 5.69 Å². The zero-order chi connectivity index (χ0) is 37.2. The molecule has 2 rings (SSSR count). The normalized spacial score (nSPS) is 12.2. The number of guanidine groups is 1. The van der Waals surface area contributed by atoms with Crippen LogP contribution in [0.4, 0.5) is 25.8 Å². The van der Waals surface area contributed by atoms with E-state index in [0.29, 0.717) is 17.8 Å². The van der Waals surface area contributed by atoms with Gasteiger partial charge in [0.15, 0.2) is 0 Å². The Kier molecular flexibility index (Phi) is 13.4. The number of nitrogens with one attached hydrogen (secondary N) is 4. The number of carbonyl (C=O) groups is 4. The Balaban J connectivity index is 2.19. The van der Waals surface area contributed by atoms with Gasteiger partial charge in [-0.2, -0.15) is 0 Å². The average Bonchev–Trinajstić information content (AvgIpc) is 2.86. The third-order valence-corrected chi connectivity index (χ3v) is 5.36. The van der Waals surface area contributed by atoms with Gasteiger partial charge in [-0.3, -0.25) is 16.0 Å². The van der Waals surface area contributed by atoms with Crippen molar-refractivity contribution in [1.29, 1.82) is 0 Å². The third kappa shape index (κ3) is 18.2. The lowest BCUT2D eigenvalue weighted by Crippen LogP contribution is -2.47. The standard InChI is InChI=1S/C36H51N5O8/c1-33(2,3)46-28(42)22-27(39-30(43)47-34(4,5)6)37-25-17-13-23(14-18-25)21-24-15-19-26(20-16-24)38-29(40-31(44)48-35(7,8)9)41-32(45)49-36(10,11)12/h13-20,22,37H,21H2,1-12H3,(H,39,43)(H2,38,40,41,44,45)/b27-22-. The fraction of sp³-hybridized carbons (Fsp3) is 0.472. The van der Waals surface area contributed by atoms with Gasteiger partial charge in [-0.25, -0.2) is 24.2 Å². The molecule has 0 aliphatic heterocycles. The van der Waals surface area contributed by atoms with Crippen LogP contribution in [0.15, 0.2) is 65.4 Å². The molecule has 0 aliphatic rings. The van der Waals surface area contributed by atoms with Crippen molar-refractivity contribution in [3.05, 3.63) is 71.6 Å². The van der Waals surface area contributed by atoms with Crippen LogP contribution in [0, 0.1) is 0 Å². The molecule has 2 aromatic carbocycles. The molecule has 0 unspecified atom stereocenters. The number of benzene rings is 2. The molecule has 0 saturated heterocycles. The van der Waals surface area contributed by atoms with Gasteiger partial charge in [-0.05, 0) is 125 Å². The quantitative estimate of drug-likeness (QED) is 0.0764. The minimum atomic E-state index is -0.787. The molecule has 0 heterocycles. The third-order valence-electron chi connectivity index (χ3n) is 5.36. The van der Waals surface area contributed by atoms with E-state index in [-0.39, 0.29) is 11.8 Å². The molecule has 2 aromatic rings. The second kappa shape index (κ2) is 16.4. The molecule has 49 heavy (non-hydrogen) atoms. The van der Waals surface area contributed by atoms with Crippen molar-refractivity contribution in [2.75, 3.05) is 5.32 Å². The van der Waals surface area contributed by atoms with Crippen LogP contribution in [-0.4, -0.2) is 52.6 Å². The lowest BCUT2D eigenvalue weighted by molar-refractivity contribution is -0.148. The molecule has 0 aliphatic carbocycles. The molecule has 0 bridgehead atoms. The molecular weight excluding hydrogens is 630 g/mol. The van der Waals surface area contributed by atoms with E-state index in [1.54, 1.807) is 95.2 Å². The molecule has 0 aromatic heterocycles. The van der Waals surface area contributed by atoms with E-state index in [1.807, 2.05) is 36.4 Å². The van der Waals surface area contributed by atoms with Crippen molar-refractivity contribution < 1.29 is 38.1 Å². The maximum Gasteiger partial charge on any atom is 0.414 e. The fourth-order valence-electron chi connectivity index (χ4n) is 3.77. The summed E-state index contributed by atoms with van der Waals surface area (Å²) < 4.78 is 21.3. The fourth-order valence-corrected chi connectivity index (χ4v) is 3.77. The molecular formula is C36H51N5O8. The number of hydrogen-bond acceptors (Lipinski definition) is 10. The van der Waals surface area contributed by atoms with Crippen LogP contribution in [0.25, 0.3) is 0 Å². The Morgan fingerprint density at radius 1 is 0.571 bits per heavy atom. The summed E-state index contributed by atoms with van der Waals surface area (Å²) in [7, 11) is 0. The van der Waals surface area contributed by atoms with Gasteiger partial charge in [0.25, 0.3) is 0 Å². The maximum absolute atomic E-state index is 12.5. The number of anilines is 1. The van der Waals surface area contributed by atoms with Crippen LogP contribution in [0.2, 0.25) is 0 Å². The van der Waals surface area contributed by atoms with Gasteiger partial charge in [0.2, 0.25) is 5.96 Å². The number of ether oxygens (including phenoxy) is 4. The Bertz CT molecular complexity index is 1490. The number of alkyl carbamates (subject to hydrolysis) is 3. The number of carbonyl (C=O) groups excluding carboxylic acids is 4. The Morgan fingerprint density at radius 2 is 0.959 bits per heavy atom. The van der Waals surface area contributed by atoms with Crippen LogP contribution in [-0.2, 0) is 30.2 Å². The van der Waals surface area contributed by atoms with Crippen molar-refractivity contribution in [3.8, 4) is 0 Å². The summed E-state index contributed by atoms with van der Waals surface area (Å²) in [6.45, 7) is 20.8. The van der Waals surface area contributed by atoms with E-state index in [9.17, 15) is 19.2 Å². The molecule has 0 saturated carbocycles. The molecule has 13 heteroatoms. The van der Waals surface area contributed by atoms with E-state index in [1.165, 1.54) is 0 Å². The average molecular weight is 682 g/mol. The molecule has 0 fully saturated rings. The highest BCUT2D eigenvalue weighted by Crippen LogP contribution is 2.19. The van der Waals surface area contributed by atoms with Crippen LogP contribution in [0.1, 0.15) is 94.2 Å². The Hall–Kier alpha value is -5.07. The number of hydrogen-bond donors (Lipinski definition) is 4. The van der Waals surface area contributed by atoms with Crippen LogP contribution in [0.3, 0.4) is 0 Å². The zero-order valence-electron chi connectivity index (χ0n) is 30.6. The SMILES string of the molecule is CC(C)(C)OC(=O)/C=C(\NC(=O)OC(C)(C)C)Nc1ccc(Cc2ccc(N=C(NC(=O)OC(C)(C)C)NC(=O)OC(C)(C)C)cc2)cc1. The molecule has 13 nitrogen and oxygen atoms in total. The number of aliphatic imine (C=N–C) groups is 1. The van der Waals surface area contributed by atoms with Crippen molar-refractivity contribution in [1.82, 2.24) is 16.0 Å². The first kappa shape index (κ1) is 40.1. The molecule has 0 atom stereocenters. The maximum atomic E-state index is 12.5. The first-order valence-electron chi connectivity index (χ1n) is 15.8. The van der Waals surface area contributed by atoms with E-state index in [2.05, 4.69) is 26.3 Å². The van der Waals surface area contributed by atoms with Crippen LogP contribution < -0.4 is 21.3 Å². The Morgan fingerprint density at radius 3 is 1.37 bits per heavy atom. The minimum Gasteiger partial charge on any atom is -0.457 e. The van der Waals surface area contributed by atoms with Crippen molar-refractivity contribution >= 4 is 41.6 Å². The highest BCUT2D eigenvalue weighted by molar-refractivity contribution is 6.02. The lowest BCUT2D eigenvalue weighted by Gasteiger charge is -2.22. The summed E-state index contributed by atoms with van der Waals surface area (Å²) in [6, 6.07) is 14.7. The highest BCUT2D eigenvalue weighted by Gasteiger charge is 2.22. The van der Waals surface area contributed by atoms with Gasteiger partial charge in [-0.15, -0.1) is 0 Å². The lowest BCUT2D eigenvalue weighted by atomic mass is 10.0. The highest BCUT2D eigenvalue weighted by atomic mass is 16.6. The monoisotopic (exact) mass is 681 g/mol. The van der Waals surface area contributed by atoms with E-state index in [0.717, 1.165) is 17.2 Å². The summed E-state index contributed by atoms with van der Waals surface area (Å²) in [5, 5.41) is 10.5. The second-order valence-electron chi connectivity index (χ2n) is 15.1. The smallest absolute Gasteiger partial charge is 0.414 e. The minimum absolute atomic E-state index is 0.0917. The first-order chi connectivity index (χ1) is 22.3. The van der Waals surface area contributed by atoms with Crippen molar-refractivity contribution in [3.63, 3.8) is 0 Å². The molecule has 268 valence electrons. The zero-order valence-corrected chi connectivity index (χ0v) is 30.6. The van der Waals surface area contributed by atoms with E-state index < -0.39 is 46.7 Å². The van der Waals surface area contributed by atoms with Gasteiger partial charge < -0.3 is 24.3 Å². The van der Waals surface area contributed by atoms with Gasteiger partial charge in [0.05, 0.1) is 11.8 Å². The topological polar surface area (TPSA) is 166 Å². The summed E-state index contributed by atoms with van der Waals surface area (Å²) in [5.41, 5.74) is 0.0718. The number of rotatable bonds is 7. The summed E-state index contributed by atoms with van der Waals surface area (Å²) in [5.74, 6) is -0.696. The number of nitrogens with zero attached hydrogens (tertiary/aromatic N) is 1. The van der Waals surface area contributed by atoms with E-state index >= 15 is 0 Å². The largest absolute Gasteiger partial charge is 0.457 e. The van der Waals surface area contributed by atoms with E-state index in [4.69, 9.17) is 18.9 Å². The number of amides is 3. The summed E-state index contributed by atoms with van der Waals surface area (Å²) >= 11 is 0. The Labute approximate surface area is 289 Å². The van der Waals surface area contributed by atoms with Crippen molar-refractivity contribution in [2.45, 2.75) is 112 Å². The molecule has 4 N–H and O–H groups in total. The van der Waals surface area contributed by atoms with Crippen LogP contribution >= 0.6 is 0 Å². The predicted molar refractivity (Wildman–Crippen MR) is 188 cm³/mol.